The molecule has 0 aliphatic rings. The molecule has 13 heavy (non-hydrogen) atoms. The van der Waals surface area contributed by atoms with Crippen molar-refractivity contribution in [3.8, 4) is 0 Å². The lowest BCUT2D eigenvalue weighted by atomic mass is 10.0. The normalized spacial score (nSPS) is 13.8. The van der Waals surface area contributed by atoms with E-state index in [1.165, 1.54) is 44.9 Å². The van der Waals surface area contributed by atoms with Gasteiger partial charge in [-0.1, -0.05) is 52.2 Å². The van der Waals surface area contributed by atoms with Crippen LogP contribution in [0.5, 0.6) is 0 Å². The summed E-state index contributed by atoms with van der Waals surface area (Å²) in [5.74, 6) is 0.903. The van der Waals surface area contributed by atoms with E-state index in [0.717, 1.165) is 5.92 Å². The molecule has 0 bridgehead atoms. The summed E-state index contributed by atoms with van der Waals surface area (Å²) >= 11 is 0. The maximum absolute atomic E-state index is 2.36. The monoisotopic (exact) mass is 182 g/mol. The zero-order chi connectivity index (χ0) is 9.94. The summed E-state index contributed by atoms with van der Waals surface area (Å²) in [5.41, 5.74) is 0. The molecule has 0 aliphatic carbocycles. The minimum absolute atomic E-state index is 0.903. The van der Waals surface area contributed by atoms with Gasteiger partial charge in [0.1, 0.15) is 0 Å². The van der Waals surface area contributed by atoms with Gasteiger partial charge in [0.2, 0.25) is 0 Å². The average molecular weight is 182 g/mol. The predicted octanol–water partition coefficient (Wildman–Crippen LogP) is 4.95. The van der Waals surface area contributed by atoms with Gasteiger partial charge in [-0.05, 0) is 31.6 Å². The second-order valence-electron chi connectivity index (χ2n) is 4.06. The molecule has 0 aliphatic heterocycles. The highest BCUT2D eigenvalue weighted by atomic mass is 14.0. The summed E-state index contributed by atoms with van der Waals surface area (Å²) in [6.45, 7) is 6.87. The van der Waals surface area contributed by atoms with Crippen molar-refractivity contribution < 1.29 is 0 Å². The van der Waals surface area contributed by atoms with Crippen molar-refractivity contribution in [2.45, 2.75) is 65.7 Å². The summed E-state index contributed by atoms with van der Waals surface area (Å²) in [7, 11) is 0. The smallest absolute Gasteiger partial charge is 0.0348 e. The molecule has 0 fully saturated rings. The molecule has 0 rings (SSSR count). The van der Waals surface area contributed by atoms with Gasteiger partial charge in [0.05, 0.1) is 0 Å². The number of rotatable bonds is 8. The van der Waals surface area contributed by atoms with Gasteiger partial charge in [-0.2, -0.15) is 0 Å². The Labute approximate surface area is 84.4 Å². The topological polar surface area (TPSA) is 0 Å². The van der Waals surface area contributed by atoms with E-state index in [1.54, 1.807) is 0 Å². The summed E-state index contributed by atoms with van der Waals surface area (Å²) in [4.78, 5) is 0. The lowest BCUT2D eigenvalue weighted by molar-refractivity contribution is 0.521. The SMILES string of the molecule is CCCCC/C=C/CCC(C)CC. The maximum atomic E-state index is 2.36. The maximum Gasteiger partial charge on any atom is -0.0348 e. The first kappa shape index (κ1) is 12.7. The first-order valence-electron chi connectivity index (χ1n) is 5.96. The standard InChI is InChI=1S/C13H26/c1-4-6-7-8-9-10-11-12-13(3)5-2/h9-10,13H,4-8,11-12H2,1-3H3/b10-9+. The van der Waals surface area contributed by atoms with E-state index >= 15 is 0 Å². The molecule has 0 heteroatoms. The van der Waals surface area contributed by atoms with Crippen LogP contribution in [0.15, 0.2) is 12.2 Å². The van der Waals surface area contributed by atoms with Crippen molar-refractivity contribution >= 4 is 0 Å². The third kappa shape index (κ3) is 9.66. The number of allylic oxidation sites excluding steroid dienone is 2. The highest BCUT2D eigenvalue weighted by Gasteiger charge is 1.94. The van der Waals surface area contributed by atoms with E-state index in [9.17, 15) is 0 Å². The van der Waals surface area contributed by atoms with Gasteiger partial charge in [0.25, 0.3) is 0 Å². The van der Waals surface area contributed by atoms with Gasteiger partial charge in [-0.25, -0.2) is 0 Å². The fraction of sp³-hybridized carbons (Fsp3) is 0.846. The van der Waals surface area contributed by atoms with E-state index < -0.39 is 0 Å². The van der Waals surface area contributed by atoms with Crippen molar-refractivity contribution in [3.63, 3.8) is 0 Å². The molecule has 1 unspecified atom stereocenters. The van der Waals surface area contributed by atoms with Crippen LogP contribution in [-0.4, -0.2) is 0 Å². The molecular formula is C13H26. The summed E-state index contributed by atoms with van der Waals surface area (Å²) in [6, 6.07) is 0. The highest BCUT2D eigenvalue weighted by molar-refractivity contribution is 4.81. The Kier molecular flexibility index (Phi) is 9.63. The van der Waals surface area contributed by atoms with Crippen molar-refractivity contribution in [2.24, 2.45) is 5.92 Å². The number of unbranched alkanes of at least 4 members (excludes halogenated alkanes) is 3. The minimum Gasteiger partial charge on any atom is -0.0885 e. The van der Waals surface area contributed by atoms with E-state index in [1.807, 2.05) is 0 Å². The molecule has 0 nitrogen and oxygen atoms in total. The molecule has 0 aromatic carbocycles. The third-order valence-corrected chi connectivity index (χ3v) is 2.66. The van der Waals surface area contributed by atoms with Crippen molar-refractivity contribution in [1.29, 1.82) is 0 Å². The summed E-state index contributed by atoms with van der Waals surface area (Å²) < 4.78 is 0. The molecule has 0 spiro atoms. The lowest BCUT2D eigenvalue weighted by Crippen LogP contribution is -1.89. The van der Waals surface area contributed by atoms with Crippen molar-refractivity contribution in [2.75, 3.05) is 0 Å². The van der Waals surface area contributed by atoms with Crippen LogP contribution >= 0.6 is 0 Å². The van der Waals surface area contributed by atoms with Gasteiger partial charge < -0.3 is 0 Å². The first-order chi connectivity index (χ1) is 6.31. The zero-order valence-electron chi connectivity index (χ0n) is 9.68. The fourth-order valence-corrected chi connectivity index (χ4v) is 1.33. The Morgan fingerprint density at radius 1 is 1.00 bits per heavy atom. The van der Waals surface area contributed by atoms with Crippen LogP contribution in [0, 0.1) is 5.92 Å². The van der Waals surface area contributed by atoms with Gasteiger partial charge in [0.15, 0.2) is 0 Å². The van der Waals surface area contributed by atoms with Crippen LogP contribution in [0.2, 0.25) is 0 Å². The fourth-order valence-electron chi connectivity index (χ4n) is 1.33. The van der Waals surface area contributed by atoms with E-state index in [-0.39, 0.29) is 0 Å². The van der Waals surface area contributed by atoms with Gasteiger partial charge >= 0.3 is 0 Å². The van der Waals surface area contributed by atoms with E-state index in [0.29, 0.717) is 0 Å². The average Bonchev–Trinajstić information content (AvgIpc) is 2.16. The van der Waals surface area contributed by atoms with Gasteiger partial charge in [-0.15, -0.1) is 0 Å². The Balaban J connectivity index is 3.12. The molecule has 0 heterocycles. The van der Waals surface area contributed by atoms with Crippen molar-refractivity contribution in [3.05, 3.63) is 12.2 Å². The zero-order valence-corrected chi connectivity index (χ0v) is 9.68. The molecular weight excluding hydrogens is 156 g/mol. The Hall–Kier alpha value is -0.260. The minimum atomic E-state index is 0.903. The predicted molar refractivity (Wildman–Crippen MR) is 62.0 cm³/mol. The molecule has 0 amide bonds. The lowest BCUT2D eigenvalue weighted by Gasteiger charge is -2.04. The van der Waals surface area contributed by atoms with E-state index in [2.05, 4.69) is 32.9 Å². The Morgan fingerprint density at radius 2 is 1.69 bits per heavy atom. The molecule has 0 aromatic rings. The molecule has 0 aromatic heterocycles. The van der Waals surface area contributed by atoms with E-state index in [4.69, 9.17) is 0 Å². The molecule has 0 saturated heterocycles. The Bertz CT molecular complexity index is 113. The van der Waals surface area contributed by atoms with Crippen LogP contribution in [0.3, 0.4) is 0 Å². The van der Waals surface area contributed by atoms with Crippen LogP contribution < -0.4 is 0 Å². The molecule has 78 valence electrons. The molecule has 0 N–H and O–H groups in total. The molecule has 0 saturated carbocycles. The van der Waals surface area contributed by atoms with Crippen molar-refractivity contribution in [1.82, 2.24) is 0 Å². The number of hydrogen-bond donors (Lipinski definition) is 0. The quantitative estimate of drug-likeness (QED) is 0.368. The first-order valence-corrected chi connectivity index (χ1v) is 5.96. The molecule has 0 radical (unpaired) electrons. The Morgan fingerprint density at radius 3 is 2.31 bits per heavy atom. The number of hydrogen-bond acceptors (Lipinski definition) is 0. The van der Waals surface area contributed by atoms with Crippen LogP contribution in [0.25, 0.3) is 0 Å². The second-order valence-corrected chi connectivity index (χ2v) is 4.06. The molecule has 1 atom stereocenters. The second kappa shape index (κ2) is 9.83. The summed E-state index contributed by atoms with van der Waals surface area (Å²) in [5, 5.41) is 0. The largest absolute Gasteiger partial charge is 0.0885 e. The van der Waals surface area contributed by atoms with Crippen LogP contribution in [-0.2, 0) is 0 Å². The van der Waals surface area contributed by atoms with Crippen LogP contribution in [0.4, 0.5) is 0 Å². The third-order valence-electron chi connectivity index (χ3n) is 2.66. The van der Waals surface area contributed by atoms with Crippen LogP contribution in [0.1, 0.15) is 65.7 Å². The summed E-state index contributed by atoms with van der Waals surface area (Å²) in [6.07, 6.45) is 14.1. The van der Waals surface area contributed by atoms with Gasteiger partial charge in [-0.3, -0.25) is 0 Å². The highest BCUT2D eigenvalue weighted by Crippen LogP contribution is 2.10. The van der Waals surface area contributed by atoms with Gasteiger partial charge in [0, 0.05) is 0 Å².